The monoisotopic (exact) mass is 404 g/mol. The van der Waals surface area contributed by atoms with E-state index >= 15 is 0 Å². The average molecular weight is 404 g/mol. The van der Waals surface area contributed by atoms with E-state index in [0.29, 0.717) is 17.7 Å². The molecule has 29 heavy (non-hydrogen) atoms. The number of carbonyl (C=O) groups excluding carboxylic acids is 1. The molecule has 1 aliphatic rings. The van der Waals surface area contributed by atoms with Crippen molar-refractivity contribution in [3.05, 3.63) is 48.0 Å². The van der Waals surface area contributed by atoms with Crippen LogP contribution in [-0.4, -0.2) is 66.9 Å². The molecule has 2 rings (SSSR count). The number of aliphatic hydroxyl groups is 2. The minimum atomic E-state index is -1.43. The number of amides is 1. The van der Waals surface area contributed by atoms with Crippen LogP contribution in [0.1, 0.15) is 24.0 Å². The molecule has 0 spiro atoms. The number of nitrogens with zero attached hydrogens (tertiary/aromatic N) is 1. The molecular formula is C21H28N2O6. The highest BCUT2D eigenvalue weighted by molar-refractivity contribution is 5.85. The van der Waals surface area contributed by atoms with Crippen molar-refractivity contribution in [3.8, 4) is 6.07 Å². The molecule has 1 fully saturated rings. The molecule has 1 aromatic rings. The molecule has 8 heteroatoms. The lowest BCUT2D eigenvalue weighted by Gasteiger charge is -2.43. The Balaban J connectivity index is 2.26. The van der Waals surface area contributed by atoms with E-state index in [0.717, 1.165) is 0 Å². The highest BCUT2D eigenvalue weighted by Crippen LogP contribution is 2.35. The summed E-state index contributed by atoms with van der Waals surface area (Å²) in [6.45, 7) is 4.33. The zero-order valence-corrected chi connectivity index (χ0v) is 16.5. The largest absolute Gasteiger partial charge is 0.390 e. The zero-order valence-electron chi connectivity index (χ0n) is 16.5. The third kappa shape index (κ3) is 5.85. The number of hydrogen-bond donors (Lipinski definition) is 3. The topological polar surface area (TPSA) is 121 Å². The van der Waals surface area contributed by atoms with E-state index in [1.54, 1.807) is 24.3 Å². The molecule has 158 valence electrons. The van der Waals surface area contributed by atoms with Gasteiger partial charge >= 0.3 is 0 Å². The van der Waals surface area contributed by atoms with E-state index in [4.69, 9.17) is 14.2 Å². The number of nitriles is 1. The second kappa shape index (κ2) is 11.0. The number of carbonyl (C=O) groups is 1. The van der Waals surface area contributed by atoms with Crippen LogP contribution in [0.3, 0.4) is 0 Å². The number of hydrogen-bond acceptors (Lipinski definition) is 7. The van der Waals surface area contributed by atoms with E-state index in [9.17, 15) is 20.3 Å². The summed E-state index contributed by atoms with van der Waals surface area (Å²) in [5, 5.41) is 32.7. The smallest absolute Gasteiger partial charge is 0.252 e. The Hall–Kier alpha value is -2.28. The predicted molar refractivity (Wildman–Crippen MR) is 105 cm³/mol. The summed E-state index contributed by atoms with van der Waals surface area (Å²) in [4.78, 5) is 13.0. The first-order chi connectivity index (χ1) is 14.0. The van der Waals surface area contributed by atoms with Gasteiger partial charge in [0.1, 0.15) is 6.10 Å². The van der Waals surface area contributed by atoms with E-state index in [-0.39, 0.29) is 32.6 Å². The summed E-state index contributed by atoms with van der Waals surface area (Å²) in [6.07, 6.45) is -1.70. The van der Waals surface area contributed by atoms with Crippen LogP contribution in [0.15, 0.2) is 36.9 Å². The van der Waals surface area contributed by atoms with E-state index < -0.39 is 29.8 Å². The molecule has 1 aromatic carbocycles. The number of aliphatic hydroxyl groups excluding tert-OH is 2. The molecule has 0 aromatic heterocycles. The first-order valence-corrected chi connectivity index (χ1v) is 9.45. The molecule has 0 aliphatic heterocycles. The maximum Gasteiger partial charge on any atom is 0.252 e. The van der Waals surface area contributed by atoms with Gasteiger partial charge in [-0.05, 0) is 11.6 Å². The van der Waals surface area contributed by atoms with Gasteiger partial charge in [-0.25, -0.2) is 0 Å². The van der Waals surface area contributed by atoms with Crippen molar-refractivity contribution in [2.24, 2.45) is 0 Å². The van der Waals surface area contributed by atoms with Gasteiger partial charge in [0.05, 0.1) is 43.7 Å². The molecular weight excluding hydrogens is 376 g/mol. The highest BCUT2D eigenvalue weighted by atomic mass is 16.5. The van der Waals surface area contributed by atoms with Crippen LogP contribution >= 0.6 is 0 Å². The van der Waals surface area contributed by atoms with Crippen molar-refractivity contribution in [2.75, 3.05) is 26.9 Å². The Morgan fingerprint density at radius 2 is 2.17 bits per heavy atom. The van der Waals surface area contributed by atoms with Gasteiger partial charge in [0.15, 0.2) is 5.60 Å². The quantitative estimate of drug-likeness (QED) is 0.387. The maximum atomic E-state index is 13.0. The van der Waals surface area contributed by atoms with Gasteiger partial charge in [-0.2, -0.15) is 5.26 Å². The van der Waals surface area contributed by atoms with Gasteiger partial charge in [-0.1, -0.05) is 24.3 Å². The third-order valence-electron chi connectivity index (χ3n) is 4.92. The summed E-state index contributed by atoms with van der Waals surface area (Å²) in [5.74, 6) is -0.429. The number of ether oxygens (including phenoxy) is 3. The first-order valence-electron chi connectivity index (χ1n) is 9.45. The molecule has 0 radical (unpaired) electrons. The van der Waals surface area contributed by atoms with Crippen LogP contribution in [-0.2, 0) is 25.6 Å². The van der Waals surface area contributed by atoms with Gasteiger partial charge in [0, 0.05) is 26.5 Å². The summed E-state index contributed by atoms with van der Waals surface area (Å²) in [6, 6.07) is 9.03. The lowest BCUT2D eigenvalue weighted by Crippen LogP contribution is -2.61. The average Bonchev–Trinajstić information content (AvgIpc) is 2.73. The lowest BCUT2D eigenvalue weighted by atomic mass is 9.78. The van der Waals surface area contributed by atoms with Crippen molar-refractivity contribution >= 4 is 5.91 Å². The van der Waals surface area contributed by atoms with Crippen molar-refractivity contribution in [1.82, 2.24) is 5.32 Å². The zero-order chi connectivity index (χ0) is 21.3. The van der Waals surface area contributed by atoms with Gasteiger partial charge in [0.2, 0.25) is 0 Å². The fourth-order valence-electron chi connectivity index (χ4n) is 3.35. The molecule has 0 saturated heterocycles. The molecule has 3 N–H and O–H groups in total. The normalized spacial score (nSPS) is 26.5. The van der Waals surface area contributed by atoms with E-state index in [1.165, 1.54) is 13.2 Å². The van der Waals surface area contributed by atoms with E-state index in [1.807, 2.05) is 0 Å². The first kappa shape index (κ1) is 23.0. The summed E-state index contributed by atoms with van der Waals surface area (Å²) in [7, 11) is 1.52. The molecule has 4 atom stereocenters. The predicted octanol–water partition coefficient (Wildman–Crippen LogP) is 0.663. The highest BCUT2D eigenvalue weighted by Gasteiger charge is 2.51. The fraction of sp³-hybridized carbons (Fsp3) is 0.524. The van der Waals surface area contributed by atoms with Crippen LogP contribution in [0.4, 0.5) is 0 Å². The number of methoxy groups -OCH3 is 1. The number of rotatable bonds is 10. The minimum absolute atomic E-state index is 0.00156. The Bertz CT molecular complexity index is 734. The molecule has 8 nitrogen and oxygen atoms in total. The van der Waals surface area contributed by atoms with Crippen molar-refractivity contribution in [2.45, 2.75) is 43.4 Å². The summed E-state index contributed by atoms with van der Waals surface area (Å²) < 4.78 is 16.6. The van der Waals surface area contributed by atoms with Gasteiger partial charge in [-0.15, -0.1) is 6.58 Å². The van der Waals surface area contributed by atoms with Crippen molar-refractivity contribution in [1.29, 1.82) is 5.26 Å². The van der Waals surface area contributed by atoms with Crippen LogP contribution in [0.2, 0.25) is 0 Å². The lowest BCUT2D eigenvalue weighted by molar-refractivity contribution is -0.196. The van der Waals surface area contributed by atoms with Crippen molar-refractivity contribution in [3.63, 3.8) is 0 Å². The number of benzene rings is 1. The second-order valence-electron chi connectivity index (χ2n) is 6.93. The Labute approximate surface area is 170 Å². The number of nitrogens with one attached hydrogen (secondary N) is 1. The Morgan fingerprint density at radius 1 is 1.41 bits per heavy atom. The molecule has 0 bridgehead atoms. The minimum Gasteiger partial charge on any atom is -0.390 e. The van der Waals surface area contributed by atoms with Gasteiger partial charge < -0.3 is 29.7 Å². The Morgan fingerprint density at radius 3 is 2.86 bits per heavy atom. The van der Waals surface area contributed by atoms with E-state index in [2.05, 4.69) is 18.0 Å². The summed E-state index contributed by atoms with van der Waals surface area (Å²) >= 11 is 0. The molecule has 1 saturated carbocycles. The maximum absolute atomic E-state index is 13.0. The van der Waals surface area contributed by atoms with Gasteiger partial charge in [0.25, 0.3) is 5.91 Å². The SMILES string of the molecule is C=CCO[C@H]1C[C@](OCc2ccccc2C#N)(C(=O)NCCOC)C[C@@H](O)[C@H]1O. The second-order valence-corrected chi connectivity index (χ2v) is 6.93. The standard InChI is InChI=1S/C21H28N2O6/c1-3-9-28-18-12-21(11-17(24)19(18)25,20(26)23-8-10-27-2)29-14-16-7-5-4-6-15(16)13-22/h3-7,17-19,24-25H,1,8-12,14H2,2H3,(H,23,26)/t17-,18+,19-,21+/m1/s1. The van der Waals surface area contributed by atoms with Crippen LogP contribution in [0.25, 0.3) is 0 Å². The van der Waals surface area contributed by atoms with Crippen LogP contribution in [0, 0.1) is 11.3 Å². The van der Waals surface area contributed by atoms with Crippen LogP contribution < -0.4 is 5.32 Å². The van der Waals surface area contributed by atoms with Gasteiger partial charge in [-0.3, -0.25) is 4.79 Å². The molecule has 0 unspecified atom stereocenters. The van der Waals surface area contributed by atoms with Crippen molar-refractivity contribution < 1.29 is 29.2 Å². The third-order valence-corrected chi connectivity index (χ3v) is 4.92. The molecule has 1 amide bonds. The molecule has 0 heterocycles. The summed E-state index contributed by atoms with van der Waals surface area (Å²) in [5.41, 5.74) is -0.359. The molecule has 1 aliphatic carbocycles. The Kier molecular flexibility index (Phi) is 8.76. The van der Waals surface area contributed by atoms with Crippen LogP contribution in [0.5, 0.6) is 0 Å². The fourth-order valence-corrected chi connectivity index (χ4v) is 3.35.